The van der Waals surface area contributed by atoms with Gasteiger partial charge in [-0.25, -0.2) is 0 Å². The Morgan fingerprint density at radius 1 is 1.00 bits per heavy atom. The lowest BCUT2D eigenvalue weighted by Crippen LogP contribution is -2.37. The van der Waals surface area contributed by atoms with E-state index in [1.807, 2.05) is 73.8 Å². The number of ether oxygens (including phenoxy) is 4. The number of hydrogen-bond acceptors (Lipinski definition) is 7. The Kier molecular flexibility index (Phi) is 9.15. The van der Waals surface area contributed by atoms with Crippen LogP contribution in [-0.4, -0.2) is 67.2 Å². The average Bonchev–Trinajstić information content (AvgIpc) is 3.29. The van der Waals surface area contributed by atoms with Crippen LogP contribution in [0.4, 0.5) is 0 Å². The van der Waals surface area contributed by atoms with E-state index < -0.39 is 0 Å². The number of rotatable bonds is 12. The van der Waals surface area contributed by atoms with Crippen molar-refractivity contribution in [3.63, 3.8) is 0 Å². The first-order valence-electron chi connectivity index (χ1n) is 13.6. The van der Waals surface area contributed by atoms with Crippen LogP contribution in [0.3, 0.4) is 0 Å². The summed E-state index contributed by atoms with van der Waals surface area (Å²) < 4.78 is 25.2. The molecule has 0 unspecified atom stereocenters. The summed E-state index contributed by atoms with van der Waals surface area (Å²) in [5.41, 5.74) is 2.75. The molecule has 0 aliphatic carbocycles. The minimum atomic E-state index is -0.0524. The third-order valence-corrected chi connectivity index (χ3v) is 6.88. The Bertz CT molecular complexity index is 1420. The van der Waals surface area contributed by atoms with Crippen molar-refractivity contribution in [1.29, 1.82) is 0 Å². The second-order valence-electron chi connectivity index (χ2n) is 9.79. The average molecular weight is 545 g/mol. The maximum atomic E-state index is 12.5. The van der Waals surface area contributed by atoms with Gasteiger partial charge in [0.1, 0.15) is 22.6 Å². The third-order valence-electron chi connectivity index (χ3n) is 6.88. The van der Waals surface area contributed by atoms with E-state index in [2.05, 4.69) is 15.3 Å². The molecule has 1 aliphatic rings. The van der Waals surface area contributed by atoms with Crippen molar-refractivity contribution in [3.05, 3.63) is 77.9 Å². The van der Waals surface area contributed by atoms with Crippen LogP contribution in [0, 0.1) is 0 Å². The number of carbonyl (C=O) groups is 1. The summed E-state index contributed by atoms with van der Waals surface area (Å²) in [5.74, 6) is 2.32. The van der Waals surface area contributed by atoms with E-state index in [1.165, 1.54) is 0 Å². The van der Waals surface area contributed by atoms with Gasteiger partial charge in [0.2, 0.25) is 11.8 Å². The molecule has 1 saturated heterocycles. The molecule has 0 bridgehead atoms. The molecule has 210 valence electrons. The van der Waals surface area contributed by atoms with E-state index in [-0.39, 0.29) is 12.3 Å². The van der Waals surface area contributed by atoms with Gasteiger partial charge in [0.15, 0.2) is 0 Å². The zero-order chi connectivity index (χ0) is 27.7. The summed E-state index contributed by atoms with van der Waals surface area (Å²) in [4.78, 5) is 14.9. The summed E-state index contributed by atoms with van der Waals surface area (Å²) in [6.07, 6.45) is 1.18. The van der Waals surface area contributed by atoms with Crippen molar-refractivity contribution in [2.24, 2.45) is 7.05 Å². The molecule has 1 amide bonds. The first-order chi connectivity index (χ1) is 19.6. The quantitative estimate of drug-likeness (QED) is 0.266. The number of aryl methyl sites for hydroxylation is 1. The van der Waals surface area contributed by atoms with Gasteiger partial charge in [0.25, 0.3) is 0 Å². The highest BCUT2D eigenvalue weighted by Gasteiger charge is 2.18. The number of hydrogen-bond donors (Lipinski definition) is 1. The summed E-state index contributed by atoms with van der Waals surface area (Å²) >= 11 is 0. The van der Waals surface area contributed by atoms with Crippen LogP contribution in [0.25, 0.3) is 10.9 Å². The second-order valence-corrected chi connectivity index (χ2v) is 9.79. The van der Waals surface area contributed by atoms with E-state index in [4.69, 9.17) is 18.9 Å². The Morgan fingerprint density at radius 2 is 1.80 bits per heavy atom. The molecule has 40 heavy (non-hydrogen) atoms. The minimum absolute atomic E-state index is 0.0524. The second kappa shape index (κ2) is 13.3. The van der Waals surface area contributed by atoms with Crippen LogP contribution >= 0.6 is 0 Å². The van der Waals surface area contributed by atoms with Gasteiger partial charge in [-0.2, -0.15) is 0 Å². The molecule has 0 saturated carbocycles. The fraction of sp³-hybridized carbons (Fsp3) is 0.355. The van der Waals surface area contributed by atoms with E-state index in [0.29, 0.717) is 30.5 Å². The summed E-state index contributed by atoms with van der Waals surface area (Å²) in [5, 5.41) is 8.34. The molecule has 1 N–H and O–H groups in total. The van der Waals surface area contributed by atoms with Crippen molar-refractivity contribution in [2.45, 2.75) is 19.4 Å². The SMILES string of the molecule is COc1cc(OCCCN2CCOCC2)cc2c1c(Oc1cccc(CC(=O)NCc3ccccc3)c1)nn2C. The maximum absolute atomic E-state index is 12.5. The van der Waals surface area contributed by atoms with Crippen LogP contribution in [0.2, 0.25) is 0 Å². The van der Waals surface area contributed by atoms with E-state index in [1.54, 1.807) is 11.8 Å². The Morgan fingerprint density at radius 3 is 2.60 bits per heavy atom. The number of nitrogens with zero attached hydrogens (tertiary/aromatic N) is 3. The topological polar surface area (TPSA) is 87.1 Å². The number of morpholine rings is 1. The number of benzene rings is 3. The molecule has 0 spiro atoms. The van der Waals surface area contributed by atoms with Gasteiger partial charge in [-0.1, -0.05) is 42.5 Å². The fourth-order valence-electron chi connectivity index (χ4n) is 4.78. The zero-order valence-corrected chi connectivity index (χ0v) is 23.1. The lowest BCUT2D eigenvalue weighted by molar-refractivity contribution is -0.120. The zero-order valence-electron chi connectivity index (χ0n) is 23.1. The summed E-state index contributed by atoms with van der Waals surface area (Å²) in [6.45, 7) is 5.64. The summed E-state index contributed by atoms with van der Waals surface area (Å²) in [7, 11) is 3.49. The van der Waals surface area contributed by atoms with Crippen molar-refractivity contribution in [1.82, 2.24) is 20.0 Å². The predicted molar refractivity (Wildman–Crippen MR) is 153 cm³/mol. The molecular weight excluding hydrogens is 508 g/mol. The number of fused-ring (bicyclic) bond motifs is 1. The molecule has 1 aromatic heterocycles. The third kappa shape index (κ3) is 7.11. The Labute approximate surface area is 234 Å². The van der Waals surface area contributed by atoms with Gasteiger partial charge in [-0.05, 0) is 29.7 Å². The highest BCUT2D eigenvalue weighted by Crippen LogP contribution is 2.39. The van der Waals surface area contributed by atoms with Crippen molar-refractivity contribution in [2.75, 3.05) is 46.6 Å². The van der Waals surface area contributed by atoms with Gasteiger partial charge in [-0.3, -0.25) is 14.4 Å². The molecule has 4 aromatic rings. The first kappa shape index (κ1) is 27.5. The number of amides is 1. The van der Waals surface area contributed by atoms with E-state index in [9.17, 15) is 4.79 Å². The minimum Gasteiger partial charge on any atom is -0.496 e. The molecule has 1 fully saturated rings. The molecule has 5 rings (SSSR count). The molecular formula is C31H36N4O5. The summed E-state index contributed by atoms with van der Waals surface area (Å²) in [6, 6.07) is 21.2. The van der Waals surface area contributed by atoms with Gasteiger partial charge in [-0.15, -0.1) is 5.10 Å². The molecule has 0 radical (unpaired) electrons. The van der Waals surface area contributed by atoms with Crippen molar-refractivity contribution >= 4 is 16.8 Å². The van der Waals surface area contributed by atoms with Gasteiger partial charge >= 0.3 is 0 Å². The lowest BCUT2D eigenvalue weighted by Gasteiger charge is -2.26. The van der Waals surface area contributed by atoms with E-state index in [0.717, 1.165) is 67.0 Å². The van der Waals surface area contributed by atoms with Crippen LogP contribution in [0.15, 0.2) is 66.7 Å². The predicted octanol–water partition coefficient (Wildman–Crippen LogP) is 4.33. The van der Waals surface area contributed by atoms with E-state index >= 15 is 0 Å². The monoisotopic (exact) mass is 544 g/mol. The van der Waals surface area contributed by atoms with Crippen LogP contribution in [0.5, 0.6) is 23.1 Å². The normalized spacial score (nSPS) is 13.8. The Hall–Kier alpha value is -4.08. The number of carbonyl (C=O) groups excluding carboxylic acids is 1. The van der Waals surface area contributed by atoms with Crippen molar-refractivity contribution in [3.8, 4) is 23.1 Å². The maximum Gasteiger partial charge on any atom is 0.250 e. The Balaban J connectivity index is 1.23. The van der Waals surface area contributed by atoms with Crippen LogP contribution in [-0.2, 0) is 29.5 Å². The van der Waals surface area contributed by atoms with Gasteiger partial charge in [0.05, 0.1) is 38.9 Å². The highest BCUT2D eigenvalue weighted by molar-refractivity contribution is 5.92. The molecule has 0 atom stereocenters. The standard InChI is InChI=1S/C31H36N4O5/c1-34-27-20-26(39-15-7-12-35-13-16-38-17-14-35)21-28(37-2)30(27)31(33-34)40-25-11-6-10-24(18-25)19-29(36)32-22-23-8-4-3-5-9-23/h3-6,8-11,18,20-21H,7,12-17,19,22H2,1-2H3,(H,32,36). The van der Waals surface area contributed by atoms with Gasteiger partial charge in [0, 0.05) is 45.4 Å². The number of nitrogens with one attached hydrogen (secondary N) is 1. The highest BCUT2D eigenvalue weighted by atomic mass is 16.5. The molecule has 9 heteroatoms. The molecule has 1 aliphatic heterocycles. The van der Waals surface area contributed by atoms with Gasteiger partial charge < -0.3 is 24.3 Å². The first-order valence-corrected chi connectivity index (χ1v) is 13.6. The smallest absolute Gasteiger partial charge is 0.250 e. The van der Waals surface area contributed by atoms with Crippen molar-refractivity contribution < 1.29 is 23.7 Å². The lowest BCUT2D eigenvalue weighted by atomic mass is 10.1. The van der Waals surface area contributed by atoms with Crippen LogP contribution in [0.1, 0.15) is 17.5 Å². The number of aromatic nitrogens is 2. The molecule has 2 heterocycles. The molecule has 3 aromatic carbocycles. The largest absolute Gasteiger partial charge is 0.496 e. The fourth-order valence-corrected chi connectivity index (χ4v) is 4.78. The van der Waals surface area contributed by atoms with Crippen LogP contribution < -0.4 is 19.5 Å². The number of methoxy groups -OCH3 is 1. The molecule has 9 nitrogen and oxygen atoms in total.